The Bertz CT molecular complexity index is 200. The highest BCUT2D eigenvalue weighted by Crippen LogP contribution is 2.43. The van der Waals surface area contributed by atoms with E-state index in [4.69, 9.17) is 4.74 Å². The minimum Gasteiger partial charge on any atom is -0.379 e. The van der Waals surface area contributed by atoms with Crippen LogP contribution in [-0.2, 0) is 4.74 Å². The molecule has 82 valence electrons. The maximum atomic E-state index is 5.64. The lowest BCUT2D eigenvalue weighted by molar-refractivity contribution is 0.0279. The molecule has 0 bridgehead atoms. The van der Waals surface area contributed by atoms with Gasteiger partial charge in [-0.1, -0.05) is 19.8 Å². The number of hydrogen-bond donors (Lipinski definition) is 1. The van der Waals surface area contributed by atoms with Gasteiger partial charge in [0, 0.05) is 18.9 Å². The molecule has 14 heavy (non-hydrogen) atoms. The standard InChI is InChI=1S/C11H21NOS/c1-3-9-8-14-11(12-9)7-5-4-6-10(11)13-2/h9-10,12H,3-8H2,1-2H3. The predicted molar refractivity (Wildman–Crippen MR) is 61.7 cm³/mol. The van der Waals surface area contributed by atoms with Gasteiger partial charge in [-0.15, -0.1) is 11.8 Å². The second-order valence-corrected chi connectivity index (χ2v) is 5.77. The summed E-state index contributed by atoms with van der Waals surface area (Å²) < 4.78 is 5.64. The van der Waals surface area contributed by atoms with Crippen molar-refractivity contribution in [2.75, 3.05) is 12.9 Å². The molecule has 1 spiro atoms. The van der Waals surface area contributed by atoms with Crippen LogP contribution >= 0.6 is 11.8 Å². The molecule has 0 aromatic heterocycles. The molecule has 1 heterocycles. The van der Waals surface area contributed by atoms with Gasteiger partial charge in [0.1, 0.15) is 0 Å². The summed E-state index contributed by atoms with van der Waals surface area (Å²) in [7, 11) is 1.86. The summed E-state index contributed by atoms with van der Waals surface area (Å²) in [6.45, 7) is 2.27. The van der Waals surface area contributed by atoms with Gasteiger partial charge in [0.25, 0.3) is 0 Å². The summed E-state index contributed by atoms with van der Waals surface area (Å²) in [5, 5.41) is 3.79. The molecular weight excluding hydrogens is 194 g/mol. The number of ether oxygens (including phenoxy) is 1. The summed E-state index contributed by atoms with van der Waals surface area (Å²) >= 11 is 2.09. The first-order chi connectivity index (χ1) is 6.80. The lowest BCUT2D eigenvalue weighted by Crippen LogP contribution is -2.53. The van der Waals surface area contributed by atoms with Crippen molar-refractivity contribution < 1.29 is 4.74 Å². The highest BCUT2D eigenvalue weighted by atomic mass is 32.2. The molecule has 1 N–H and O–H groups in total. The van der Waals surface area contributed by atoms with Gasteiger partial charge < -0.3 is 4.74 Å². The van der Waals surface area contributed by atoms with E-state index in [1.165, 1.54) is 37.9 Å². The molecule has 0 amide bonds. The van der Waals surface area contributed by atoms with E-state index >= 15 is 0 Å². The molecule has 1 aliphatic carbocycles. The summed E-state index contributed by atoms with van der Waals surface area (Å²) in [6, 6.07) is 0.704. The molecule has 2 nitrogen and oxygen atoms in total. The Kier molecular flexibility index (Phi) is 3.40. The second-order valence-electron chi connectivity index (χ2n) is 4.42. The van der Waals surface area contributed by atoms with Crippen molar-refractivity contribution in [3.8, 4) is 0 Å². The van der Waals surface area contributed by atoms with Gasteiger partial charge in [-0.2, -0.15) is 0 Å². The van der Waals surface area contributed by atoms with Crippen LogP contribution in [0.15, 0.2) is 0 Å². The zero-order valence-electron chi connectivity index (χ0n) is 9.21. The molecule has 2 aliphatic rings. The number of thioether (sulfide) groups is 1. The van der Waals surface area contributed by atoms with Gasteiger partial charge in [0.15, 0.2) is 0 Å². The van der Waals surface area contributed by atoms with Crippen LogP contribution in [0.4, 0.5) is 0 Å². The van der Waals surface area contributed by atoms with Crippen molar-refractivity contribution in [1.29, 1.82) is 0 Å². The van der Waals surface area contributed by atoms with E-state index in [2.05, 4.69) is 24.0 Å². The molecule has 3 unspecified atom stereocenters. The quantitative estimate of drug-likeness (QED) is 0.764. The average molecular weight is 215 g/mol. The maximum Gasteiger partial charge on any atom is 0.0912 e. The minimum absolute atomic E-state index is 0.258. The van der Waals surface area contributed by atoms with Crippen LogP contribution in [0.1, 0.15) is 39.0 Å². The molecule has 0 aromatic rings. The Morgan fingerprint density at radius 2 is 2.36 bits per heavy atom. The van der Waals surface area contributed by atoms with Crippen molar-refractivity contribution in [1.82, 2.24) is 5.32 Å². The van der Waals surface area contributed by atoms with Crippen LogP contribution in [0, 0.1) is 0 Å². The van der Waals surface area contributed by atoms with E-state index in [0.29, 0.717) is 12.1 Å². The summed E-state index contributed by atoms with van der Waals surface area (Å²) in [5.41, 5.74) is 0. The third-order valence-corrected chi connectivity index (χ3v) is 5.22. The van der Waals surface area contributed by atoms with Crippen LogP contribution in [-0.4, -0.2) is 29.9 Å². The minimum atomic E-state index is 0.258. The van der Waals surface area contributed by atoms with Crippen molar-refractivity contribution in [2.24, 2.45) is 0 Å². The van der Waals surface area contributed by atoms with Crippen LogP contribution < -0.4 is 5.32 Å². The normalized spacial score (nSPS) is 43.3. The third kappa shape index (κ3) is 1.82. The van der Waals surface area contributed by atoms with Crippen LogP contribution in [0.3, 0.4) is 0 Å². The Morgan fingerprint density at radius 1 is 1.50 bits per heavy atom. The zero-order valence-corrected chi connectivity index (χ0v) is 10.0. The fraction of sp³-hybridized carbons (Fsp3) is 1.00. The molecule has 2 rings (SSSR count). The van der Waals surface area contributed by atoms with Gasteiger partial charge >= 0.3 is 0 Å². The van der Waals surface area contributed by atoms with Gasteiger partial charge in [0.2, 0.25) is 0 Å². The van der Waals surface area contributed by atoms with E-state index in [1.54, 1.807) is 0 Å². The Labute approximate surface area is 91.2 Å². The van der Waals surface area contributed by atoms with E-state index < -0.39 is 0 Å². The van der Waals surface area contributed by atoms with Crippen LogP contribution in [0.5, 0.6) is 0 Å². The zero-order chi connectivity index (χ0) is 10.0. The fourth-order valence-electron chi connectivity index (χ4n) is 2.65. The van der Waals surface area contributed by atoms with Crippen molar-refractivity contribution >= 4 is 11.8 Å². The number of hydrogen-bond acceptors (Lipinski definition) is 3. The molecule has 1 aliphatic heterocycles. The first-order valence-electron chi connectivity index (χ1n) is 5.75. The SMILES string of the molecule is CCC1CSC2(CCCCC2OC)N1. The molecule has 2 fully saturated rings. The van der Waals surface area contributed by atoms with E-state index in [9.17, 15) is 0 Å². The van der Waals surface area contributed by atoms with Gasteiger partial charge in [-0.25, -0.2) is 0 Å². The van der Waals surface area contributed by atoms with Crippen LogP contribution in [0.25, 0.3) is 0 Å². The van der Waals surface area contributed by atoms with Gasteiger partial charge in [-0.05, 0) is 19.3 Å². The molecule has 0 aromatic carbocycles. The molecular formula is C11H21NOS. The van der Waals surface area contributed by atoms with Crippen LogP contribution in [0.2, 0.25) is 0 Å². The second kappa shape index (κ2) is 4.42. The first kappa shape index (κ1) is 10.8. The Balaban J connectivity index is 2.05. The topological polar surface area (TPSA) is 21.3 Å². The monoisotopic (exact) mass is 215 g/mol. The highest BCUT2D eigenvalue weighted by Gasteiger charge is 2.46. The van der Waals surface area contributed by atoms with Crippen molar-refractivity contribution in [2.45, 2.75) is 56.0 Å². The summed E-state index contributed by atoms with van der Waals surface area (Å²) in [4.78, 5) is 0.258. The van der Waals surface area contributed by atoms with Crippen molar-refractivity contribution in [3.05, 3.63) is 0 Å². The summed E-state index contributed by atoms with van der Waals surface area (Å²) in [5.74, 6) is 1.26. The number of rotatable bonds is 2. The third-order valence-electron chi connectivity index (χ3n) is 3.55. The summed E-state index contributed by atoms with van der Waals surface area (Å²) in [6.07, 6.45) is 6.87. The lowest BCUT2D eigenvalue weighted by Gasteiger charge is -2.40. The number of nitrogens with one attached hydrogen (secondary N) is 1. The Morgan fingerprint density at radius 3 is 3.00 bits per heavy atom. The molecule has 3 heteroatoms. The average Bonchev–Trinajstić information content (AvgIpc) is 2.63. The van der Waals surface area contributed by atoms with Gasteiger partial charge in [-0.3, -0.25) is 5.32 Å². The number of methoxy groups -OCH3 is 1. The molecule has 3 atom stereocenters. The largest absolute Gasteiger partial charge is 0.379 e. The highest BCUT2D eigenvalue weighted by molar-refractivity contribution is 8.01. The fourth-order valence-corrected chi connectivity index (χ4v) is 4.40. The van der Waals surface area contributed by atoms with Gasteiger partial charge in [0.05, 0.1) is 11.0 Å². The van der Waals surface area contributed by atoms with E-state index in [1.807, 2.05) is 7.11 Å². The molecule has 1 saturated carbocycles. The lowest BCUT2D eigenvalue weighted by atomic mass is 9.91. The smallest absolute Gasteiger partial charge is 0.0912 e. The molecule has 0 radical (unpaired) electrons. The molecule has 1 saturated heterocycles. The van der Waals surface area contributed by atoms with Crippen molar-refractivity contribution in [3.63, 3.8) is 0 Å². The van der Waals surface area contributed by atoms with E-state index in [0.717, 1.165) is 0 Å². The first-order valence-corrected chi connectivity index (χ1v) is 6.74. The Hall–Kier alpha value is 0.270. The van der Waals surface area contributed by atoms with E-state index in [-0.39, 0.29) is 4.87 Å². The maximum absolute atomic E-state index is 5.64. The predicted octanol–water partition coefficient (Wildman–Crippen LogP) is 2.39.